The average Bonchev–Trinajstić information content (AvgIpc) is 2.70. The van der Waals surface area contributed by atoms with E-state index >= 15 is 0 Å². The van der Waals surface area contributed by atoms with Crippen molar-refractivity contribution in [2.24, 2.45) is 0 Å². The van der Waals surface area contributed by atoms with Crippen LogP contribution in [0.4, 0.5) is 0 Å². The maximum Gasteiger partial charge on any atom is 0.262 e. The van der Waals surface area contributed by atoms with Gasteiger partial charge in [0.05, 0.1) is 0 Å². The molecule has 0 fully saturated rings. The predicted molar refractivity (Wildman–Crippen MR) is 105 cm³/mol. The van der Waals surface area contributed by atoms with Crippen LogP contribution in [0.15, 0.2) is 66.3 Å². The standard InChI is InChI=1S/C22H19N3O3/c1-14(2)21(26)24-11-12-25-22(27)17(13-23)20-15-7-3-5-9-18(15)28-19-10-6-4-8-16(19)20/h3-10H,1,11-12H2,2H3,(H,24,26)(H,25,27). The molecule has 1 aliphatic heterocycles. The highest BCUT2D eigenvalue weighted by molar-refractivity contribution is 6.09. The number of carbonyl (C=O) groups excluding carboxylic acids is 2. The molecule has 0 aromatic heterocycles. The Hall–Kier alpha value is -3.85. The summed E-state index contributed by atoms with van der Waals surface area (Å²) in [6.07, 6.45) is 0. The Labute approximate surface area is 163 Å². The Kier molecular flexibility index (Phi) is 5.56. The number of hydrogen-bond donors (Lipinski definition) is 2. The SMILES string of the molecule is C=C(C)C(=O)NCCNC(=O)C(C#N)=C1c2ccccc2Oc2ccccc21. The number of carbonyl (C=O) groups is 2. The van der Waals surface area contributed by atoms with E-state index in [1.807, 2.05) is 42.5 Å². The van der Waals surface area contributed by atoms with Gasteiger partial charge in [-0.2, -0.15) is 5.26 Å². The first kappa shape index (κ1) is 18.9. The molecule has 0 unspecified atom stereocenters. The van der Waals surface area contributed by atoms with Gasteiger partial charge in [-0.3, -0.25) is 9.59 Å². The van der Waals surface area contributed by atoms with E-state index in [1.165, 1.54) is 0 Å². The van der Waals surface area contributed by atoms with Gasteiger partial charge in [0.2, 0.25) is 5.91 Å². The van der Waals surface area contributed by atoms with Crippen molar-refractivity contribution in [1.29, 1.82) is 5.26 Å². The second-order valence-corrected chi connectivity index (χ2v) is 6.25. The van der Waals surface area contributed by atoms with Crippen LogP contribution in [0, 0.1) is 11.3 Å². The molecule has 0 spiro atoms. The van der Waals surface area contributed by atoms with Gasteiger partial charge in [-0.15, -0.1) is 0 Å². The molecule has 6 heteroatoms. The number of amides is 2. The van der Waals surface area contributed by atoms with Gasteiger partial charge in [-0.25, -0.2) is 0 Å². The molecule has 0 atom stereocenters. The van der Waals surface area contributed by atoms with Gasteiger partial charge in [0, 0.05) is 35.4 Å². The number of rotatable bonds is 5. The van der Waals surface area contributed by atoms with E-state index in [1.54, 1.807) is 19.1 Å². The van der Waals surface area contributed by atoms with Crippen LogP contribution in [0.1, 0.15) is 18.1 Å². The van der Waals surface area contributed by atoms with Crippen molar-refractivity contribution >= 4 is 17.4 Å². The van der Waals surface area contributed by atoms with Crippen LogP contribution in [0.3, 0.4) is 0 Å². The van der Waals surface area contributed by atoms with Gasteiger partial charge >= 0.3 is 0 Å². The molecule has 0 saturated heterocycles. The van der Waals surface area contributed by atoms with Crippen LogP contribution in [0.25, 0.3) is 5.57 Å². The molecular weight excluding hydrogens is 354 g/mol. The number of nitrogens with one attached hydrogen (secondary N) is 2. The van der Waals surface area contributed by atoms with Crippen molar-refractivity contribution in [1.82, 2.24) is 10.6 Å². The minimum atomic E-state index is -0.506. The largest absolute Gasteiger partial charge is 0.456 e. The monoisotopic (exact) mass is 373 g/mol. The number of para-hydroxylation sites is 2. The van der Waals surface area contributed by atoms with Crippen LogP contribution in [0.5, 0.6) is 11.5 Å². The van der Waals surface area contributed by atoms with Gasteiger partial charge < -0.3 is 15.4 Å². The Morgan fingerprint density at radius 1 is 0.964 bits per heavy atom. The van der Waals surface area contributed by atoms with Crippen LogP contribution in [-0.2, 0) is 9.59 Å². The first-order chi connectivity index (χ1) is 13.5. The molecule has 0 saturated carbocycles. The molecule has 2 N–H and O–H groups in total. The van der Waals surface area contributed by atoms with Crippen LogP contribution < -0.4 is 15.4 Å². The van der Waals surface area contributed by atoms with Gasteiger partial charge in [-0.05, 0) is 19.1 Å². The summed E-state index contributed by atoms with van der Waals surface area (Å²) in [5.74, 6) is 0.393. The number of nitriles is 1. The Bertz CT molecular complexity index is 984. The van der Waals surface area contributed by atoms with Crippen molar-refractivity contribution in [2.45, 2.75) is 6.92 Å². The molecule has 6 nitrogen and oxygen atoms in total. The summed E-state index contributed by atoms with van der Waals surface area (Å²) in [7, 11) is 0. The smallest absolute Gasteiger partial charge is 0.262 e. The van der Waals surface area contributed by atoms with E-state index in [4.69, 9.17) is 4.74 Å². The second kappa shape index (κ2) is 8.23. The molecule has 0 bridgehead atoms. The van der Waals surface area contributed by atoms with Crippen molar-refractivity contribution in [2.75, 3.05) is 13.1 Å². The van der Waals surface area contributed by atoms with Crippen molar-refractivity contribution in [3.8, 4) is 17.6 Å². The van der Waals surface area contributed by atoms with Crippen molar-refractivity contribution in [3.05, 3.63) is 77.4 Å². The first-order valence-corrected chi connectivity index (χ1v) is 8.76. The molecule has 28 heavy (non-hydrogen) atoms. The molecule has 1 heterocycles. The maximum absolute atomic E-state index is 12.7. The lowest BCUT2D eigenvalue weighted by atomic mass is 9.90. The molecule has 2 amide bonds. The van der Waals surface area contributed by atoms with Crippen molar-refractivity contribution < 1.29 is 14.3 Å². The van der Waals surface area contributed by atoms with E-state index < -0.39 is 5.91 Å². The zero-order chi connectivity index (χ0) is 20.1. The number of fused-ring (bicyclic) bond motifs is 2. The lowest BCUT2D eigenvalue weighted by Crippen LogP contribution is -2.35. The molecule has 1 aliphatic rings. The summed E-state index contributed by atoms with van der Waals surface area (Å²) in [6, 6.07) is 16.6. The van der Waals surface area contributed by atoms with Gasteiger partial charge in [0.1, 0.15) is 23.1 Å². The second-order valence-electron chi connectivity index (χ2n) is 6.25. The lowest BCUT2D eigenvalue weighted by Gasteiger charge is -2.23. The summed E-state index contributed by atoms with van der Waals surface area (Å²) in [4.78, 5) is 24.2. The molecule has 2 aromatic carbocycles. The Balaban J connectivity index is 1.90. The normalized spacial score (nSPS) is 11.2. The van der Waals surface area contributed by atoms with E-state index in [2.05, 4.69) is 17.2 Å². The zero-order valence-electron chi connectivity index (χ0n) is 15.4. The topological polar surface area (TPSA) is 91.2 Å². The fourth-order valence-corrected chi connectivity index (χ4v) is 2.87. The highest BCUT2D eigenvalue weighted by Crippen LogP contribution is 2.44. The zero-order valence-corrected chi connectivity index (χ0v) is 15.4. The number of ether oxygens (including phenoxy) is 1. The maximum atomic E-state index is 12.7. The van der Waals surface area contributed by atoms with Gasteiger partial charge in [0.25, 0.3) is 5.91 Å². The molecule has 0 aliphatic carbocycles. The quantitative estimate of drug-likeness (QED) is 0.409. The van der Waals surface area contributed by atoms with Crippen LogP contribution >= 0.6 is 0 Å². The summed E-state index contributed by atoms with van der Waals surface area (Å²) in [5.41, 5.74) is 2.28. The summed E-state index contributed by atoms with van der Waals surface area (Å²) in [6.45, 7) is 5.58. The fourth-order valence-electron chi connectivity index (χ4n) is 2.87. The molecule has 140 valence electrons. The highest BCUT2D eigenvalue weighted by Gasteiger charge is 2.27. The number of benzene rings is 2. The minimum absolute atomic E-state index is 0.00516. The molecular formula is C22H19N3O3. The van der Waals surface area contributed by atoms with Crippen molar-refractivity contribution in [3.63, 3.8) is 0 Å². The van der Waals surface area contributed by atoms with Crippen LogP contribution in [0.2, 0.25) is 0 Å². The number of nitrogens with zero attached hydrogens (tertiary/aromatic N) is 1. The first-order valence-electron chi connectivity index (χ1n) is 8.76. The van der Waals surface area contributed by atoms with E-state index in [0.29, 0.717) is 33.8 Å². The Morgan fingerprint density at radius 2 is 1.46 bits per heavy atom. The third-order valence-electron chi connectivity index (χ3n) is 4.21. The summed E-state index contributed by atoms with van der Waals surface area (Å²) >= 11 is 0. The fraction of sp³-hybridized carbons (Fsp3) is 0.136. The van der Waals surface area contributed by atoms with Crippen LogP contribution in [-0.4, -0.2) is 24.9 Å². The van der Waals surface area contributed by atoms with E-state index in [0.717, 1.165) is 0 Å². The summed E-state index contributed by atoms with van der Waals surface area (Å²) in [5, 5.41) is 15.0. The lowest BCUT2D eigenvalue weighted by molar-refractivity contribution is -0.119. The van der Waals surface area contributed by atoms with E-state index in [-0.39, 0.29) is 24.6 Å². The molecule has 0 radical (unpaired) electrons. The average molecular weight is 373 g/mol. The molecule has 2 aromatic rings. The third-order valence-corrected chi connectivity index (χ3v) is 4.21. The number of hydrogen-bond acceptors (Lipinski definition) is 4. The molecule has 3 rings (SSSR count). The Morgan fingerprint density at radius 3 is 1.96 bits per heavy atom. The highest BCUT2D eigenvalue weighted by atomic mass is 16.5. The third kappa shape index (κ3) is 3.79. The summed E-state index contributed by atoms with van der Waals surface area (Å²) < 4.78 is 5.90. The predicted octanol–water partition coefficient (Wildman–Crippen LogP) is 2.93. The van der Waals surface area contributed by atoms with E-state index in [9.17, 15) is 14.9 Å². The van der Waals surface area contributed by atoms with Gasteiger partial charge in [-0.1, -0.05) is 43.0 Å². The minimum Gasteiger partial charge on any atom is -0.456 e. The van der Waals surface area contributed by atoms with Gasteiger partial charge in [0.15, 0.2) is 0 Å².